The Labute approximate surface area is 123 Å². The third kappa shape index (κ3) is 3.23. The molecule has 0 aliphatic carbocycles. The van der Waals surface area contributed by atoms with Crippen LogP contribution >= 0.6 is 0 Å². The van der Waals surface area contributed by atoms with Crippen molar-refractivity contribution in [1.29, 1.82) is 0 Å². The van der Waals surface area contributed by atoms with Gasteiger partial charge in [0.2, 0.25) is 10.0 Å². The second-order valence-corrected chi connectivity index (χ2v) is 8.82. The van der Waals surface area contributed by atoms with Gasteiger partial charge in [-0.05, 0) is 41.9 Å². The molecule has 1 atom stereocenters. The van der Waals surface area contributed by atoms with Crippen LogP contribution < -0.4 is 0 Å². The summed E-state index contributed by atoms with van der Waals surface area (Å²) in [6.45, 7) is 9.79. The molecule has 0 amide bonds. The summed E-state index contributed by atoms with van der Waals surface area (Å²) >= 11 is 0. The van der Waals surface area contributed by atoms with Crippen LogP contribution in [0.2, 0.25) is 0 Å². The first-order valence-corrected chi connectivity index (χ1v) is 8.76. The second kappa shape index (κ2) is 5.49. The lowest BCUT2D eigenvalue weighted by Crippen LogP contribution is -2.39. The zero-order valence-electron chi connectivity index (χ0n) is 12.9. The fourth-order valence-corrected chi connectivity index (χ4v) is 4.24. The van der Waals surface area contributed by atoms with E-state index in [0.29, 0.717) is 23.9 Å². The summed E-state index contributed by atoms with van der Waals surface area (Å²) in [5, 5.41) is 0. The first-order chi connectivity index (χ1) is 9.21. The van der Waals surface area contributed by atoms with Crippen molar-refractivity contribution in [3.05, 3.63) is 29.8 Å². The minimum Gasteiger partial charge on any atom is -0.207 e. The van der Waals surface area contributed by atoms with E-state index in [1.807, 2.05) is 12.1 Å². The number of benzene rings is 1. The van der Waals surface area contributed by atoms with E-state index in [2.05, 4.69) is 27.7 Å². The summed E-state index contributed by atoms with van der Waals surface area (Å²) in [6.07, 6.45) is 2.08. The van der Waals surface area contributed by atoms with E-state index < -0.39 is 10.0 Å². The highest BCUT2D eigenvalue weighted by Crippen LogP contribution is 2.26. The van der Waals surface area contributed by atoms with Crippen LogP contribution in [0.3, 0.4) is 0 Å². The van der Waals surface area contributed by atoms with Gasteiger partial charge in [-0.15, -0.1) is 0 Å². The number of hydrogen-bond acceptors (Lipinski definition) is 2. The molecule has 1 saturated heterocycles. The SMILES string of the molecule is C[C@@H]1CCCN(S(=O)(=O)c2ccc(C(C)(C)C)cc2)C1. The van der Waals surface area contributed by atoms with Gasteiger partial charge in [0.15, 0.2) is 0 Å². The van der Waals surface area contributed by atoms with Gasteiger partial charge in [0.1, 0.15) is 0 Å². The molecule has 1 heterocycles. The molecule has 4 heteroatoms. The summed E-state index contributed by atoms with van der Waals surface area (Å²) in [7, 11) is -3.32. The van der Waals surface area contributed by atoms with Crippen molar-refractivity contribution in [2.75, 3.05) is 13.1 Å². The van der Waals surface area contributed by atoms with Crippen LogP contribution in [-0.4, -0.2) is 25.8 Å². The number of piperidine rings is 1. The molecule has 0 spiro atoms. The summed E-state index contributed by atoms with van der Waals surface area (Å²) in [5.41, 5.74) is 1.20. The van der Waals surface area contributed by atoms with Crippen molar-refractivity contribution >= 4 is 10.0 Å². The van der Waals surface area contributed by atoms with Gasteiger partial charge in [0, 0.05) is 13.1 Å². The molecule has 0 radical (unpaired) electrons. The number of hydrogen-bond donors (Lipinski definition) is 0. The summed E-state index contributed by atoms with van der Waals surface area (Å²) < 4.78 is 26.9. The molecule has 1 fully saturated rings. The van der Waals surface area contributed by atoms with E-state index in [9.17, 15) is 8.42 Å². The zero-order valence-corrected chi connectivity index (χ0v) is 13.7. The first kappa shape index (κ1) is 15.5. The van der Waals surface area contributed by atoms with Gasteiger partial charge in [0.05, 0.1) is 4.90 Å². The zero-order chi connectivity index (χ0) is 15.0. The van der Waals surface area contributed by atoms with Crippen LogP contribution in [0.4, 0.5) is 0 Å². The van der Waals surface area contributed by atoms with E-state index in [4.69, 9.17) is 0 Å². The topological polar surface area (TPSA) is 37.4 Å². The fourth-order valence-electron chi connectivity index (χ4n) is 2.64. The lowest BCUT2D eigenvalue weighted by Gasteiger charge is -2.30. The van der Waals surface area contributed by atoms with Crippen molar-refractivity contribution in [1.82, 2.24) is 4.31 Å². The molecule has 20 heavy (non-hydrogen) atoms. The normalized spacial score (nSPS) is 21.9. The number of rotatable bonds is 2. The Bertz CT molecular complexity index is 555. The minimum atomic E-state index is -3.32. The van der Waals surface area contributed by atoms with Gasteiger partial charge in [-0.25, -0.2) is 8.42 Å². The van der Waals surface area contributed by atoms with Crippen molar-refractivity contribution in [3.63, 3.8) is 0 Å². The predicted octanol–water partition coefficient (Wildman–Crippen LogP) is 3.40. The monoisotopic (exact) mass is 295 g/mol. The lowest BCUT2D eigenvalue weighted by molar-refractivity contribution is 0.281. The Hall–Kier alpha value is -0.870. The molecule has 1 aliphatic heterocycles. The second-order valence-electron chi connectivity index (χ2n) is 6.88. The van der Waals surface area contributed by atoms with Crippen molar-refractivity contribution < 1.29 is 8.42 Å². The Balaban J connectivity index is 2.26. The van der Waals surface area contributed by atoms with E-state index in [-0.39, 0.29) is 5.41 Å². The standard InChI is InChI=1S/C16H25NO2S/c1-13-6-5-11-17(12-13)20(18,19)15-9-7-14(8-10-15)16(2,3)4/h7-10,13H,5-6,11-12H2,1-4H3/t13-/m1/s1. The molecule has 0 unspecified atom stereocenters. The van der Waals surface area contributed by atoms with Gasteiger partial charge in [-0.1, -0.05) is 39.8 Å². The third-order valence-corrected chi connectivity index (χ3v) is 5.86. The van der Waals surface area contributed by atoms with Crippen molar-refractivity contribution in [2.45, 2.75) is 50.8 Å². The smallest absolute Gasteiger partial charge is 0.207 e. The predicted molar refractivity (Wildman–Crippen MR) is 82.3 cm³/mol. The highest BCUT2D eigenvalue weighted by Gasteiger charge is 2.28. The summed E-state index contributed by atoms with van der Waals surface area (Å²) in [4.78, 5) is 0.416. The molecule has 3 nitrogen and oxygen atoms in total. The maximum Gasteiger partial charge on any atom is 0.243 e. The minimum absolute atomic E-state index is 0.0436. The molecule has 0 bridgehead atoms. The van der Waals surface area contributed by atoms with Crippen molar-refractivity contribution in [2.24, 2.45) is 5.92 Å². The molecule has 1 aromatic rings. The Morgan fingerprint density at radius 2 is 1.75 bits per heavy atom. The van der Waals surface area contributed by atoms with Crippen LogP contribution in [0.25, 0.3) is 0 Å². The van der Waals surface area contributed by atoms with Gasteiger partial charge in [0.25, 0.3) is 0 Å². The van der Waals surface area contributed by atoms with Crippen LogP contribution in [0.1, 0.15) is 46.1 Å². The van der Waals surface area contributed by atoms with Gasteiger partial charge in [-0.3, -0.25) is 0 Å². The quantitative estimate of drug-likeness (QED) is 0.838. The lowest BCUT2D eigenvalue weighted by atomic mass is 9.87. The summed E-state index contributed by atoms with van der Waals surface area (Å²) in [6, 6.07) is 7.35. The molecule has 0 aromatic heterocycles. The van der Waals surface area contributed by atoms with E-state index in [1.54, 1.807) is 16.4 Å². The molecule has 0 saturated carbocycles. The Kier molecular flexibility index (Phi) is 4.26. The fraction of sp³-hybridized carbons (Fsp3) is 0.625. The summed E-state index contributed by atoms with van der Waals surface area (Å²) in [5.74, 6) is 0.451. The van der Waals surface area contributed by atoms with E-state index in [1.165, 1.54) is 0 Å². The van der Waals surface area contributed by atoms with Crippen LogP contribution in [0.5, 0.6) is 0 Å². The molecule has 1 aromatic carbocycles. The number of sulfonamides is 1. The third-order valence-electron chi connectivity index (χ3n) is 3.98. The molecular weight excluding hydrogens is 270 g/mol. The largest absolute Gasteiger partial charge is 0.243 e. The first-order valence-electron chi connectivity index (χ1n) is 7.32. The van der Waals surface area contributed by atoms with Gasteiger partial charge < -0.3 is 0 Å². The van der Waals surface area contributed by atoms with Crippen LogP contribution in [0, 0.1) is 5.92 Å². The molecule has 2 rings (SSSR count). The molecule has 112 valence electrons. The Morgan fingerprint density at radius 3 is 2.25 bits per heavy atom. The maximum absolute atomic E-state index is 12.6. The molecular formula is C16H25NO2S. The van der Waals surface area contributed by atoms with Crippen LogP contribution in [0.15, 0.2) is 29.2 Å². The van der Waals surface area contributed by atoms with Crippen molar-refractivity contribution in [3.8, 4) is 0 Å². The average Bonchev–Trinajstić information content (AvgIpc) is 2.38. The van der Waals surface area contributed by atoms with Gasteiger partial charge in [-0.2, -0.15) is 4.31 Å². The van der Waals surface area contributed by atoms with Crippen LogP contribution in [-0.2, 0) is 15.4 Å². The molecule has 1 aliphatic rings. The van der Waals surface area contributed by atoms with E-state index >= 15 is 0 Å². The highest BCUT2D eigenvalue weighted by atomic mass is 32.2. The maximum atomic E-state index is 12.6. The van der Waals surface area contributed by atoms with Gasteiger partial charge >= 0.3 is 0 Å². The number of nitrogens with zero attached hydrogens (tertiary/aromatic N) is 1. The highest BCUT2D eigenvalue weighted by molar-refractivity contribution is 7.89. The Morgan fingerprint density at radius 1 is 1.15 bits per heavy atom. The van der Waals surface area contributed by atoms with E-state index in [0.717, 1.165) is 18.4 Å². The molecule has 0 N–H and O–H groups in total. The average molecular weight is 295 g/mol.